The van der Waals surface area contributed by atoms with Crippen molar-refractivity contribution < 1.29 is 0 Å². The van der Waals surface area contributed by atoms with E-state index in [0.29, 0.717) is 5.88 Å². The van der Waals surface area contributed by atoms with Crippen molar-refractivity contribution >= 4 is 22.6 Å². The second-order valence-corrected chi connectivity index (χ2v) is 5.01. The molecule has 0 unspecified atom stereocenters. The van der Waals surface area contributed by atoms with E-state index in [4.69, 9.17) is 16.6 Å². The highest BCUT2D eigenvalue weighted by molar-refractivity contribution is 6.17. The van der Waals surface area contributed by atoms with Gasteiger partial charge in [-0.25, -0.2) is 4.98 Å². The summed E-state index contributed by atoms with van der Waals surface area (Å²) < 4.78 is 2.32. The highest BCUT2D eigenvalue weighted by Crippen LogP contribution is 2.16. The van der Waals surface area contributed by atoms with Crippen LogP contribution in [0, 0.1) is 0 Å². The molecule has 0 radical (unpaired) electrons. The molecule has 1 heterocycles. The average Bonchev–Trinajstić information content (AvgIpc) is 2.78. The summed E-state index contributed by atoms with van der Waals surface area (Å²) in [4.78, 5) is 7.12. The molecule has 0 atom stereocenters. The molecule has 0 amide bonds. The lowest BCUT2D eigenvalue weighted by Gasteiger charge is -2.19. The minimum atomic E-state index is 0.620. The molecule has 0 spiro atoms. The van der Waals surface area contributed by atoms with Crippen molar-refractivity contribution in [2.24, 2.45) is 0 Å². The molecule has 0 aliphatic heterocycles. The molecule has 1 aromatic carbocycles. The third kappa shape index (κ3) is 3.28. The molecule has 0 saturated heterocycles. The Kier molecular flexibility index (Phi) is 5.23. The van der Waals surface area contributed by atoms with Crippen molar-refractivity contribution in [2.75, 3.05) is 25.5 Å². The molecule has 0 bridgehead atoms. The molecule has 104 valence electrons. The molecule has 1 aromatic heterocycles. The number of aryl methyl sites for hydroxylation is 1. The molecule has 0 aliphatic rings. The summed E-state index contributed by atoms with van der Waals surface area (Å²) in [5.41, 5.74) is 2.29. The Morgan fingerprint density at radius 3 is 2.63 bits per heavy atom. The lowest BCUT2D eigenvalue weighted by atomic mass is 10.3. The van der Waals surface area contributed by atoms with Crippen molar-refractivity contribution in [3.8, 4) is 0 Å². The Labute approximate surface area is 120 Å². The number of aromatic nitrogens is 2. The van der Waals surface area contributed by atoms with Crippen molar-refractivity contribution in [1.82, 2.24) is 14.5 Å². The normalized spacial score (nSPS) is 11.6. The minimum Gasteiger partial charge on any atom is -0.327 e. The van der Waals surface area contributed by atoms with E-state index in [1.165, 1.54) is 5.52 Å². The average molecular weight is 280 g/mol. The molecule has 3 nitrogen and oxygen atoms in total. The largest absolute Gasteiger partial charge is 0.327 e. The maximum Gasteiger partial charge on any atom is 0.111 e. The lowest BCUT2D eigenvalue weighted by Crippen LogP contribution is -2.27. The van der Waals surface area contributed by atoms with Crippen LogP contribution in [0.25, 0.3) is 11.0 Å². The van der Waals surface area contributed by atoms with Gasteiger partial charge in [0, 0.05) is 25.4 Å². The molecule has 0 fully saturated rings. The van der Waals surface area contributed by atoms with Crippen LogP contribution in [0.5, 0.6) is 0 Å². The Morgan fingerprint density at radius 1 is 1.21 bits per heavy atom. The number of nitrogens with zero attached hydrogens (tertiary/aromatic N) is 3. The SMILES string of the molecule is CCN(CC)CCn1c(CCCl)nc2ccccc21. The lowest BCUT2D eigenvalue weighted by molar-refractivity contribution is 0.290. The van der Waals surface area contributed by atoms with E-state index in [2.05, 4.69) is 41.5 Å². The third-order valence-electron chi connectivity index (χ3n) is 3.59. The quantitative estimate of drug-likeness (QED) is 0.726. The van der Waals surface area contributed by atoms with Gasteiger partial charge in [-0.1, -0.05) is 26.0 Å². The van der Waals surface area contributed by atoms with Crippen LogP contribution in [-0.4, -0.2) is 40.0 Å². The summed E-state index contributed by atoms with van der Waals surface area (Å²) in [6.07, 6.45) is 0.828. The Bertz CT molecular complexity index is 517. The summed E-state index contributed by atoms with van der Waals surface area (Å²) in [6.45, 7) is 8.63. The smallest absolute Gasteiger partial charge is 0.111 e. The second kappa shape index (κ2) is 6.92. The molecule has 2 rings (SSSR count). The van der Waals surface area contributed by atoms with Crippen LogP contribution < -0.4 is 0 Å². The summed E-state index contributed by atoms with van der Waals surface area (Å²) in [5.74, 6) is 1.72. The van der Waals surface area contributed by atoms with Crippen LogP contribution in [-0.2, 0) is 13.0 Å². The fourth-order valence-electron chi connectivity index (χ4n) is 2.43. The number of hydrogen-bond acceptors (Lipinski definition) is 2. The molecule has 0 saturated carbocycles. The molecule has 0 N–H and O–H groups in total. The number of fused-ring (bicyclic) bond motifs is 1. The van der Waals surface area contributed by atoms with E-state index in [9.17, 15) is 0 Å². The number of imidazole rings is 1. The maximum absolute atomic E-state index is 5.89. The van der Waals surface area contributed by atoms with Gasteiger partial charge in [0.05, 0.1) is 11.0 Å². The predicted molar refractivity (Wildman–Crippen MR) is 81.9 cm³/mol. The van der Waals surface area contributed by atoms with E-state index in [1.54, 1.807) is 0 Å². The van der Waals surface area contributed by atoms with E-state index in [0.717, 1.165) is 43.9 Å². The maximum atomic E-state index is 5.89. The van der Waals surface area contributed by atoms with Gasteiger partial charge in [-0.2, -0.15) is 0 Å². The molecule has 0 aliphatic carbocycles. The van der Waals surface area contributed by atoms with Crippen LogP contribution in [0.3, 0.4) is 0 Å². The minimum absolute atomic E-state index is 0.620. The van der Waals surface area contributed by atoms with E-state index in [-0.39, 0.29) is 0 Å². The first-order chi connectivity index (χ1) is 9.30. The van der Waals surface area contributed by atoms with Crippen molar-refractivity contribution in [1.29, 1.82) is 0 Å². The monoisotopic (exact) mass is 279 g/mol. The summed E-state index contributed by atoms with van der Waals surface area (Å²) >= 11 is 5.89. The van der Waals surface area contributed by atoms with Gasteiger partial charge in [0.15, 0.2) is 0 Å². The van der Waals surface area contributed by atoms with Gasteiger partial charge in [0.1, 0.15) is 5.82 Å². The van der Waals surface area contributed by atoms with Gasteiger partial charge in [-0.05, 0) is 25.2 Å². The van der Waals surface area contributed by atoms with Crippen LogP contribution in [0.15, 0.2) is 24.3 Å². The van der Waals surface area contributed by atoms with Gasteiger partial charge in [-0.3, -0.25) is 0 Å². The number of rotatable bonds is 7. The van der Waals surface area contributed by atoms with Crippen molar-refractivity contribution in [2.45, 2.75) is 26.8 Å². The number of para-hydroxylation sites is 2. The van der Waals surface area contributed by atoms with Crippen LogP contribution in [0.2, 0.25) is 0 Å². The molecular formula is C15H22ClN3. The van der Waals surface area contributed by atoms with E-state index < -0.39 is 0 Å². The van der Waals surface area contributed by atoms with Crippen LogP contribution in [0.1, 0.15) is 19.7 Å². The van der Waals surface area contributed by atoms with Gasteiger partial charge >= 0.3 is 0 Å². The van der Waals surface area contributed by atoms with Crippen molar-refractivity contribution in [3.05, 3.63) is 30.1 Å². The zero-order valence-electron chi connectivity index (χ0n) is 11.8. The van der Waals surface area contributed by atoms with Crippen LogP contribution >= 0.6 is 11.6 Å². The Hall–Kier alpha value is -1.06. The van der Waals surface area contributed by atoms with Gasteiger partial charge in [0.25, 0.3) is 0 Å². The van der Waals surface area contributed by atoms with Crippen molar-refractivity contribution in [3.63, 3.8) is 0 Å². The highest BCUT2D eigenvalue weighted by Gasteiger charge is 2.10. The van der Waals surface area contributed by atoms with Crippen LogP contribution in [0.4, 0.5) is 0 Å². The number of hydrogen-bond donors (Lipinski definition) is 0. The summed E-state index contributed by atoms with van der Waals surface area (Å²) in [7, 11) is 0. The summed E-state index contributed by atoms with van der Waals surface area (Å²) in [5, 5.41) is 0. The number of halogens is 1. The first-order valence-electron chi connectivity index (χ1n) is 7.02. The van der Waals surface area contributed by atoms with E-state index >= 15 is 0 Å². The fourth-order valence-corrected chi connectivity index (χ4v) is 2.60. The molecule has 2 aromatic rings. The second-order valence-electron chi connectivity index (χ2n) is 4.63. The molecule has 19 heavy (non-hydrogen) atoms. The zero-order chi connectivity index (χ0) is 13.7. The Morgan fingerprint density at radius 2 is 1.95 bits per heavy atom. The first kappa shape index (κ1) is 14.4. The standard InChI is InChI=1S/C15H22ClN3/c1-3-18(4-2)11-12-19-14-8-6-5-7-13(14)17-15(19)9-10-16/h5-8H,3-4,9-12H2,1-2H3. The summed E-state index contributed by atoms with van der Waals surface area (Å²) in [6, 6.07) is 8.32. The van der Waals surface area contributed by atoms with Gasteiger partial charge < -0.3 is 9.47 Å². The van der Waals surface area contributed by atoms with Gasteiger partial charge in [0.2, 0.25) is 0 Å². The number of alkyl halides is 1. The first-order valence-corrected chi connectivity index (χ1v) is 7.56. The topological polar surface area (TPSA) is 21.1 Å². The highest BCUT2D eigenvalue weighted by atomic mass is 35.5. The number of likely N-dealkylation sites (N-methyl/N-ethyl adjacent to an activating group) is 1. The van der Waals surface area contributed by atoms with Gasteiger partial charge in [-0.15, -0.1) is 11.6 Å². The fraction of sp³-hybridized carbons (Fsp3) is 0.533. The molecular weight excluding hydrogens is 258 g/mol. The zero-order valence-corrected chi connectivity index (χ0v) is 12.5. The molecule has 4 heteroatoms. The third-order valence-corrected chi connectivity index (χ3v) is 3.77. The number of benzene rings is 1. The van der Waals surface area contributed by atoms with E-state index in [1.807, 2.05) is 6.07 Å². The Balaban J connectivity index is 2.25. The predicted octanol–water partition coefficient (Wildman–Crippen LogP) is 3.16.